The second-order valence-corrected chi connectivity index (χ2v) is 6.28. The summed E-state index contributed by atoms with van der Waals surface area (Å²) >= 11 is 9.77. The van der Waals surface area contributed by atoms with E-state index in [4.69, 9.17) is 16.3 Å². The van der Waals surface area contributed by atoms with Crippen molar-refractivity contribution in [2.75, 3.05) is 25.0 Å². The molecule has 2 aliphatic rings. The van der Waals surface area contributed by atoms with Gasteiger partial charge in [-0.2, -0.15) is 0 Å². The summed E-state index contributed by atoms with van der Waals surface area (Å²) in [6.07, 6.45) is 2.28. The number of hydrogen-bond acceptors (Lipinski definition) is 2. The number of rotatable bonds is 3. The van der Waals surface area contributed by atoms with Gasteiger partial charge in [-0.3, -0.25) is 4.90 Å². The lowest BCUT2D eigenvalue weighted by Crippen LogP contribution is -2.20. The van der Waals surface area contributed by atoms with Crippen LogP contribution in [0.1, 0.15) is 17.5 Å². The minimum absolute atomic E-state index is 0.790. The van der Waals surface area contributed by atoms with Crippen LogP contribution in [-0.2, 0) is 13.0 Å². The van der Waals surface area contributed by atoms with E-state index in [9.17, 15) is 0 Å². The highest BCUT2D eigenvalue weighted by atomic mass is 79.9. The van der Waals surface area contributed by atoms with Crippen molar-refractivity contribution in [3.8, 4) is 5.75 Å². The summed E-state index contributed by atoms with van der Waals surface area (Å²) in [5.74, 6) is 1.87. The Kier molecular flexibility index (Phi) is 3.83. The first-order valence-corrected chi connectivity index (χ1v) is 7.98. The van der Waals surface area contributed by atoms with Gasteiger partial charge in [0.15, 0.2) is 0 Å². The maximum absolute atomic E-state index is 6.19. The lowest BCUT2D eigenvalue weighted by atomic mass is 10.1. The lowest BCUT2D eigenvalue weighted by Gasteiger charge is -2.17. The minimum Gasteiger partial charge on any atom is -0.493 e. The van der Waals surface area contributed by atoms with Crippen molar-refractivity contribution in [2.24, 2.45) is 5.92 Å². The average Bonchev–Trinajstić information content (AvgIpc) is 2.97. The van der Waals surface area contributed by atoms with Crippen LogP contribution in [-0.4, -0.2) is 29.9 Å². The summed E-state index contributed by atoms with van der Waals surface area (Å²) in [6.45, 7) is 4.11. The number of hydrogen-bond donors (Lipinski definition) is 0. The first kappa shape index (κ1) is 12.8. The molecule has 2 aliphatic heterocycles. The predicted molar refractivity (Wildman–Crippen MR) is 77.8 cm³/mol. The van der Waals surface area contributed by atoms with E-state index in [1.54, 1.807) is 0 Å². The normalized spacial score (nSPS) is 23.1. The van der Waals surface area contributed by atoms with Crippen molar-refractivity contribution in [1.29, 1.82) is 0 Å². The molecule has 0 saturated carbocycles. The molecule has 0 aromatic heterocycles. The van der Waals surface area contributed by atoms with E-state index < -0.39 is 0 Å². The van der Waals surface area contributed by atoms with Gasteiger partial charge in [0, 0.05) is 35.4 Å². The van der Waals surface area contributed by atoms with E-state index in [-0.39, 0.29) is 0 Å². The summed E-state index contributed by atoms with van der Waals surface area (Å²) in [7, 11) is 0. The zero-order valence-corrected chi connectivity index (χ0v) is 12.6. The fourth-order valence-corrected chi connectivity index (χ4v) is 3.68. The summed E-state index contributed by atoms with van der Waals surface area (Å²) < 4.78 is 5.75. The third kappa shape index (κ3) is 2.54. The van der Waals surface area contributed by atoms with Crippen molar-refractivity contribution in [3.63, 3.8) is 0 Å². The second-order valence-electron chi connectivity index (χ2n) is 5.20. The van der Waals surface area contributed by atoms with Gasteiger partial charge < -0.3 is 4.74 Å². The number of halogens is 2. The summed E-state index contributed by atoms with van der Waals surface area (Å²) in [6, 6.07) is 4.10. The molecule has 0 bridgehead atoms. The van der Waals surface area contributed by atoms with E-state index in [1.807, 2.05) is 6.07 Å². The van der Waals surface area contributed by atoms with Gasteiger partial charge in [0.25, 0.3) is 0 Å². The Labute approximate surface area is 121 Å². The summed E-state index contributed by atoms with van der Waals surface area (Å²) in [5, 5.41) is 1.94. The summed E-state index contributed by atoms with van der Waals surface area (Å²) in [4.78, 5) is 2.50. The lowest BCUT2D eigenvalue weighted by molar-refractivity contribution is 0.306. The molecule has 1 unspecified atom stereocenters. The highest BCUT2D eigenvalue weighted by Crippen LogP contribution is 2.34. The molecule has 1 aromatic rings. The van der Waals surface area contributed by atoms with Crippen LogP contribution in [0, 0.1) is 5.92 Å². The molecular weight excluding hydrogens is 314 g/mol. The van der Waals surface area contributed by atoms with Gasteiger partial charge in [-0.15, -0.1) is 0 Å². The molecule has 2 nitrogen and oxygen atoms in total. The Bertz CT molecular complexity index is 452. The van der Waals surface area contributed by atoms with E-state index in [2.05, 4.69) is 26.9 Å². The molecule has 2 heterocycles. The topological polar surface area (TPSA) is 12.5 Å². The van der Waals surface area contributed by atoms with Crippen LogP contribution in [0.2, 0.25) is 5.02 Å². The molecule has 18 heavy (non-hydrogen) atoms. The van der Waals surface area contributed by atoms with Gasteiger partial charge in [-0.25, -0.2) is 0 Å². The van der Waals surface area contributed by atoms with Crippen LogP contribution in [0.4, 0.5) is 0 Å². The predicted octanol–water partition coefficient (Wildman–Crippen LogP) is 3.49. The molecule has 0 aliphatic carbocycles. The van der Waals surface area contributed by atoms with Gasteiger partial charge in [0.1, 0.15) is 5.75 Å². The first-order valence-electron chi connectivity index (χ1n) is 6.48. The highest BCUT2D eigenvalue weighted by Gasteiger charge is 2.24. The Morgan fingerprint density at radius 1 is 1.44 bits per heavy atom. The van der Waals surface area contributed by atoms with Gasteiger partial charge in [-0.1, -0.05) is 27.5 Å². The van der Waals surface area contributed by atoms with E-state index in [0.29, 0.717) is 0 Å². The molecule has 1 fully saturated rings. The third-order valence-corrected chi connectivity index (χ3v) is 4.94. The van der Waals surface area contributed by atoms with Crippen LogP contribution in [0.25, 0.3) is 0 Å². The number of nitrogens with zero attached hydrogens (tertiary/aromatic N) is 1. The molecule has 0 N–H and O–H groups in total. The molecule has 0 spiro atoms. The van der Waals surface area contributed by atoms with E-state index >= 15 is 0 Å². The van der Waals surface area contributed by atoms with Crippen LogP contribution < -0.4 is 4.74 Å². The number of ether oxygens (including phenoxy) is 1. The smallest absolute Gasteiger partial charge is 0.127 e. The fourth-order valence-electron chi connectivity index (χ4n) is 2.89. The van der Waals surface area contributed by atoms with Crippen molar-refractivity contribution >= 4 is 27.5 Å². The average molecular weight is 331 g/mol. The fraction of sp³-hybridized carbons (Fsp3) is 0.571. The second kappa shape index (κ2) is 5.40. The maximum atomic E-state index is 6.19. The number of alkyl halides is 1. The number of benzene rings is 1. The van der Waals surface area contributed by atoms with Crippen molar-refractivity contribution in [1.82, 2.24) is 4.90 Å². The van der Waals surface area contributed by atoms with Crippen LogP contribution in [0.3, 0.4) is 0 Å². The quantitative estimate of drug-likeness (QED) is 0.787. The van der Waals surface area contributed by atoms with Crippen LogP contribution in [0.5, 0.6) is 5.75 Å². The molecule has 1 saturated heterocycles. The molecule has 3 rings (SSSR count). The molecular formula is C14H17BrClNO. The Hall–Kier alpha value is -0.250. The Morgan fingerprint density at radius 3 is 3.11 bits per heavy atom. The van der Waals surface area contributed by atoms with Gasteiger partial charge in [0.05, 0.1) is 6.61 Å². The van der Waals surface area contributed by atoms with Gasteiger partial charge in [0.2, 0.25) is 0 Å². The maximum Gasteiger partial charge on any atom is 0.127 e. The third-order valence-electron chi connectivity index (χ3n) is 3.81. The van der Waals surface area contributed by atoms with Crippen LogP contribution in [0.15, 0.2) is 12.1 Å². The molecule has 4 heteroatoms. The van der Waals surface area contributed by atoms with Crippen molar-refractivity contribution in [3.05, 3.63) is 28.3 Å². The molecule has 1 aromatic carbocycles. The zero-order valence-electron chi connectivity index (χ0n) is 10.3. The minimum atomic E-state index is 0.790. The van der Waals surface area contributed by atoms with Gasteiger partial charge >= 0.3 is 0 Å². The zero-order chi connectivity index (χ0) is 12.5. The Morgan fingerprint density at radius 2 is 2.33 bits per heavy atom. The van der Waals surface area contributed by atoms with Crippen LogP contribution >= 0.6 is 27.5 Å². The molecule has 1 atom stereocenters. The standard InChI is InChI=1S/C14H17BrClNO/c15-7-10-1-3-17(8-10)9-12-6-13(16)5-11-2-4-18-14(11)12/h5-6,10H,1-4,7-9H2. The largest absolute Gasteiger partial charge is 0.493 e. The van der Waals surface area contributed by atoms with E-state index in [0.717, 1.165) is 41.6 Å². The SMILES string of the molecule is Clc1cc2c(c(CN3CCC(CBr)C3)c1)OCC2. The highest BCUT2D eigenvalue weighted by molar-refractivity contribution is 9.09. The molecule has 98 valence electrons. The summed E-state index contributed by atoms with van der Waals surface area (Å²) in [5.41, 5.74) is 2.53. The Balaban J connectivity index is 1.77. The monoisotopic (exact) mass is 329 g/mol. The first-order chi connectivity index (χ1) is 8.76. The number of fused-ring (bicyclic) bond motifs is 1. The number of likely N-dealkylation sites (tertiary alicyclic amines) is 1. The molecule has 0 amide bonds. The van der Waals surface area contributed by atoms with Crippen molar-refractivity contribution < 1.29 is 4.74 Å². The van der Waals surface area contributed by atoms with Gasteiger partial charge in [-0.05, 0) is 36.6 Å². The van der Waals surface area contributed by atoms with Crippen molar-refractivity contribution in [2.45, 2.75) is 19.4 Å². The molecule has 0 radical (unpaired) electrons. The van der Waals surface area contributed by atoms with E-state index in [1.165, 1.54) is 30.6 Å².